The van der Waals surface area contributed by atoms with Crippen LogP contribution in [0.15, 0.2) is 46.8 Å². The smallest absolute Gasteiger partial charge is 0.265 e. The van der Waals surface area contributed by atoms with Crippen molar-refractivity contribution in [1.82, 2.24) is 9.78 Å². The van der Waals surface area contributed by atoms with Gasteiger partial charge in [0.15, 0.2) is 0 Å². The Morgan fingerprint density at radius 2 is 2.08 bits per heavy atom. The Morgan fingerprint density at radius 1 is 1.32 bits per heavy atom. The van der Waals surface area contributed by atoms with Gasteiger partial charge >= 0.3 is 0 Å². The summed E-state index contributed by atoms with van der Waals surface area (Å²) in [5.74, 6) is -0.207. The molecule has 0 aliphatic heterocycles. The molecule has 0 amide bonds. The van der Waals surface area contributed by atoms with E-state index in [2.05, 4.69) is 9.82 Å². The number of nitrogens with zero attached hydrogens (tertiary/aromatic N) is 2. The van der Waals surface area contributed by atoms with Crippen molar-refractivity contribution in [3.05, 3.63) is 46.9 Å². The van der Waals surface area contributed by atoms with Gasteiger partial charge in [-0.25, -0.2) is 8.42 Å². The number of hydrogen-bond acceptors (Lipinski definition) is 5. The highest BCUT2D eigenvalue weighted by Crippen LogP contribution is 2.34. The second-order valence-electron chi connectivity index (χ2n) is 5.66. The molecule has 25 heavy (non-hydrogen) atoms. The lowest BCUT2D eigenvalue weighted by molar-refractivity contribution is 0.477. The third kappa shape index (κ3) is 3.65. The molecule has 3 rings (SSSR count). The Bertz CT molecular complexity index is 996. The van der Waals surface area contributed by atoms with Gasteiger partial charge in [0.05, 0.1) is 10.6 Å². The van der Waals surface area contributed by atoms with E-state index in [1.807, 2.05) is 31.4 Å². The minimum atomic E-state index is -3.97. The molecule has 0 unspecified atom stereocenters. The lowest BCUT2D eigenvalue weighted by Crippen LogP contribution is -2.13. The standard InChI is InChI=1S/C16H16ClN3O3S2/c1-10(2)20-9-15(16(18-20)14-4-3-7-24-14)25(22,23)19-12-8-11(17)5-6-13(12)21/h3-10,19,21H,1-2H3. The molecule has 9 heteroatoms. The lowest BCUT2D eigenvalue weighted by atomic mass is 10.3. The molecule has 0 aliphatic rings. The van der Waals surface area contributed by atoms with Gasteiger partial charge in [-0.2, -0.15) is 5.10 Å². The van der Waals surface area contributed by atoms with Crippen molar-refractivity contribution in [2.75, 3.05) is 4.72 Å². The van der Waals surface area contributed by atoms with E-state index < -0.39 is 10.0 Å². The third-order valence-electron chi connectivity index (χ3n) is 3.47. The highest BCUT2D eigenvalue weighted by atomic mass is 35.5. The number of anilines is 1. The maximum atomic E-state index is 12.9. The number of thiophene rings is 1. The Kier molecular flexibility index (Phi) is 4.77. The highest BCUT2D eigenvalue weighted by molar-refractivity contribution is 7.92. The van der Waals surface area contributed by atoms with Gasteiger partial charge in [0.2, 0.25) is 0 Å². The van der Waals surface area contributed by atoms with Crippen molar-refractivity contribution in [1.29, 1.82) is 0 Å². The first-order valence-corrected chi connectivity index (χ1v) is 10.2. The van der Waals surface area contributed by atoms with E-state index >= 15 is 0 Å². The molecular formula is C16H16ClN3O3S2. The third-order valence-corrected chi connectivity index (χ3v) is 5.95. The first-order valence-electron chi connectivity index (χ1n) is 7.42. The number of phenolic OH excluding ortho intramolecular Hbond substituents is 1. The monoisotopic (exact) mass is 397 g/mol. The summed E-state index contributed by atoms with van der Waals surface area (Å²) in [5.41, 5.74) is 0.389. The number of halogens is 1. The van der Waals surface area contributed by atoms with Crippen LogP contribution in [0, 0.1) is 0 Å². The first-order chi connectivity index (χ1) is 11.8. The zero-order valence-electron chi connectivity index (χ0n) is 13.5. The number of aromatic hydroxyl groups is 1. The molecule has 0 bridgehead atoms. The van der Waals surface area contributed by atoms with E-state index in [0.717, 1.165) is 4.88 Å². The average Bonchev–Trinajstić information content (AvgIpc) is 3.19. The van der Waals surface area contributed by atoms with Gasteiger partial charge in [-0.05, 0) is 43.5 Å². The van der Waals surface area contributed by atoms with Crippen LogP contribution in [0.2, 0.25) is 5.02 Å². The Morgan fingerprint density at radius 3 is 2.72 bits per heavy atom. The second kappa shape index (κ2) is 6.70. The molecule has 1 aromatic carbocycles. The van der Waals surface area contributed by atoms with Gasteiger partial charge in [0.25, 0.3) is 10.0 Å². The van der Waals surface area contributed by atoms with E-state index in [-0.39, 0.29) is 22.4 Å². The summed E-state index contributed by atoms with van der Waals surface area (Å²) in [7, 11) is -3.97. The van der Waals surface area contributed by atoms with Crippen LogP contribution in [0.3, 0.4) is 0 Å². The van der Waals surface area contributed by atoms with Crippen LogP contribution in [-0.2, 0) is 10.0 Å². The van der Waals surface area contributed by atoms with Crippen LogP contribution in [0.25, 0.3) is 10.6 Å². The maximum absolute atomic E-state index is 12.9. The normalized spacial score (nSPS) is 11.8. The fraction of sp³-hybridized carbons (Fsp3) is 0.188. The van der Waals surface area contributed by atoms with Crippen LogP contribution in [-0.4, -0.2) is 23.3 Å². The van der Waals surface area contributed by atoms with Crippen LogP contribution in [0.1, 0.15) is 19.9 Å². The summed E-state index contributed by atoms with van der Waals surface area (Å²) in [5, 5.41) is 16.5. The zero-order valence-corrected chi connectivity index (χ0v) is 15.9. The maximum Gasteiger partial charge on any atom is 0.265 e. The van der Waals surface area contributed by atoms with E-state index in [1.165, 1.54) is 35.7 Å². The Hall–Kier alpha value is -2.03. The van der Waals surface area contributed by atoms with Gasteiger partial charge in [-0.3, -0.25) is 9.40 Å². The van der Waals surface area contributed by atoms with Crippen molar-refractivity contribution in [2.24, 2.45) is 0 Å². The van der Waals surface area contributed by atoms with Crippen LogP contribution in [0.5, 0.6) is 5.75 Å². The minimum absolute atomic E-state index is 0.00207. The summed E-state index contributed by atoms with van der Waals surface area (Å²) < 4.78 is 29.8. The molecule has 0 saturated heterocycles. The van der Waals surface area contributed by atoms with E-state index in [1.54, 1.807) is 4.68 Å². The number of nitrogens with one attached hydrogen (secondary N) is 1. The SMILES string of the molecule is CC(C)n1cc(S(=O)(=O)Nc2cc(Cl)ccc2O)c(-c2cccs2)n1. The summed E-state index contributed by atoms with van der Waals surface area (Å²) in [4.78, 5) is 0.790. The van der Waals surface area contributed by atoms with Crippen molar-refractivity contribution in [3.63, 3.8) is 0 Å². The molecule has 3 aromatic rings. The summed E-state index contributed by atoms with van der Waals surface area (Å²) in [6.45, 7) is 3.83. The fourth-order valence-corrected chi connectivity index (χ4v) is 4.38. The summed E-state index contributed by atoms with van der Waals surface area (Å²) in [6.07, 6.45) is 1.49. The molecule has 132 valence electrons. The topological polar surface area (TPSA) is 84.2 Å². The molecule has 6 nitrogen and oxygen atoms in total. The Labute approximate surface area is 154 Å². The van der Waals surface area contributed by atoms with E-state index in [9.17, 15) is 13.5 Å². The number of rotatable bonds is 5. The quantitative estimate of drug-likeness (QED) is 0.627. The second-order valence-corrected chi connectivity index (χ2v) is 8.69. The van der Waals surface area contributed by atoms with Gasteiger partial charge < -0.3 is 5.11 Å². The molecule has 0 radical (unpaired) electrons. The molecule has 2 N–H and O–H groups in total. The summed E-state index contributed by atoms with van der Waals surface area (Å²) in [6, 6.07) is 7.81. The average molecular weight is 398 g/mol. The molecule has 2 heterocycles. The van der Waals surface area contributed by atoms with Crippen LogP contribution >= 0.6 is 22.9 Å². The van der Waals surface area contributed by atoms with Crippen molar-refractivity contribution < 1.29 is 13.5 Å². The minimum Gasteiger partial charge on any atom is -0.506 e. The van der Waals surface area contributed by atoms with Crippen LogP contribution < -0.4 is 4.72 Å². The van der Waals surface area contributed by atoms with Gasteiger partial charge in [0.1, 0.15) is 16.3 Å². The molecule has 2 aromatic heterocycles. The molecular weight excluding hydrogens is 382 g/mol. The molecule has 0 spiro atoms. The molecule has 0 aliphatic carbocycles. The molecule has 0 fully saturated rings. The van der Waals surface area contributed by atoms with E-state index in [4.69, 9.17) is 11.6 Å². The molecule has 0 atom stereocenters. The first kappa shape index (κ1) is 17.8. The lowest BCUT2D eigenvalue weighted by Gasteiger charge is -2.09. The molecule has 0 saturated carbocycles. The number of benzene rings is 1. The highest BCUT2D eigenvalue weighted by Gasteiger charge is 2.26. The predicted octanol–water partition coefficient (Wildman–Crippen LogP) is 4.35. The number of phenols is 1. The van der Waals surface area contributed by atoms with Gasteiger partial charge in [0, 0.05) is 17.3 Å². The number of aromatic nitrogens is 2. The summed E-state index contributed by atoms with van der Waals surface area (Å²) >= 11 is 7.29. The largest absolute Gasteiger partial charge is 0.506 e. The van der Waals surface area contributed by atoms with E-state index in [0.29, 0.717) is 10.7 Å². The van der Waals surface area contributed by atoms with Gasteiger partial charge in [-0.1, -0.05) is 17.7 Å². The van der Waals surface area contributed by atoms with Crippen LogP contribution in [0.4, 0.5) is 5.69 Å². The van der Waals surface area contributed by atoms with Crippen molar-refractivity contribution in [3.8, 4) is 16.3 Å². The van der Waals surface area contributed by atoms with Gasteiger partial charge in [-0.15, -0.1) is 11.3 Å². The Balaban J connectivity index is 2.09. The van der Waals surface area contributed by atoms with Crippen molar-refractivity contribution >= 4 is 38.6 Å². The predicted molar refractivity (Wildman–Crippen MR) is 99.9 cm³/mol. The fourth-order valence-electron chi connectivity index (χ4n) is 2.21. The number of hydrogen-bond donors (Lipinski definition) is 2. The number of sulfonamides is 1. The zero-order chi connectivity index (χ0) is 18.2. The van der Waals surface area contributed by atoms with Crippen molar-refractivity contribution in [2.45, 2.75) is 24.8 Å².